The molecule has 19 heavy (non-hydrogen) atoms. The summed E-state index contributed by atoms with van der Waals surface area (Å²) in [6.07, 6.45) is 2.23. The Hall–Kier alpha value is -1.33. The van der Waals surface area contributed by atoms with Gasteiger partial charge in [-0.3, -0.25) is 4.90 Å². The second-order valence-corrected chi connectivity index (χ2v) is 5.22. The number of carboxylic acids is 1. The van der Waals surface area contributed by atoms with Crippen LogP contribution in [-0.4, -0.2) is 53.6 Å². The van der Waals surface area contributed by atoms with Gasteiger partial charge in [0.1, 0.15) is 5.76 Å². The molecule has 0 radical (unpaired) electrons. The van der Waals surface area contributed by atoms with E-state index in [2.05, 4.69) is 23.8 Å². The first kappa shape index (κ1) is 14.1. The monoisotopic (exact) mass is 266 g/mol. The Bertz CT molecular complexity index is 430. The van der Waals surface area contributed by atoms with Crippen molar-refractivity contribution in [1.29, 1.82) is 0 Å². The smallest absolute Gasteiger partial charge is 0.371 e. The molecule has 1 fully saturated rings. The van der Waals surface area contributed by atoms with Gasteiger partial charge < -0.3 is 14.4 Å². The maximum absolute atomic E-state index is 10.8. The van der Waals surface area contributed by atoms with E-state index >= 15 is 0 Å². The van der Waals surface area contributed by atoms with E-state index in [1.165, 1.54) is 6.07 Å². The molecule has 2 heterocycles. The molecule has 1 N–H and O–H groups in total. The minimum Gasteiger partial charge on any atom is -0.475 e. The van der Waals surface area contributed by atoms with Gasteiger partial charge in [0.2, 0.25) is 5.76 Å². The predicted molar refractivity (Wildman–Crippen MR) is 72.3 cm³/mol. The van der Waals surface area contributed by atoms with E-state index in [1.807, 2.05) is 0 Å². The van der Waals surface area contributed by atoms with Gasteiger partial charge in [-0.25, -0.2) is 4.79 Å². The van der Waals surface area contributed by atoms with Crippen LogP contribution in [0, 0.1) is 0 Å². The van der Waals surface area contributed by atoms with Crippen LogP contribution >= 0.6 is 0 Å². The van der Waals surface area contributed by atoms with Gasteiger partial charge in [-0.1, -0.05) is 6.92 Å². The minimum absolute atomic E-state index is 0.0231. The highest BCUT2D eigenvalue weighted by Crippen LogP contribution is 2.17. The fourth-order valence-electron chi connectivity index (χ4n) is 2.67. The fraction of sp³-hybridized carbons (Fsp3) is 0.643. The minimum atomic E-state index is -1.01. The second kappa shape index (κ2) is 6.21. The molecule has 2 rings (SSSR count). The van der Waals surface area contributed by atoms with Crippen LogP contribution in [0.5, 0.6) is 0 Å². The lowest BCUT2D eigenvalue weighted by Crippen LogP contribution is -2.39. The topological polar surface area (TPSA) is 56.9 Å². The van der Waals surface area contributed by atoms with Crippen LogP contribution in [0.4, 0.5) is 0 Å². The molecule has 5 heteroatoms. The highest BCUT2D eigenvalue weighted by molar-refractivity contribution is 5.84. The molecule has 0 aliphatic carbocycles. The van der Waals surface area contributed by atoms with E-state index in [9.17, 15) is 4.79 Å². The summed E-state index contributed by atoms with van der Waals surface area (Å²) in [4.78, 5) is 15.6. The van der Waals surface area contributed by atoms with Crippen LogP contribution in [-0.2, 0) is 6.54 Å². The lowest BCUT2D eigenvalue weighted by atomic mass is 10.2. The Balaban J connectivity index is 2.04. The van der Waals surface area contributed by atoms with Gasteiger partial charge in [0.15, 0.2) is 0 Å². The Morgan fingerprint density at radius 3 is 2.89 bits per heavy atom. The molecule has 0 saturated carbocycles. The average Bonchev–Trinajstić information content (AvgIpc) is 2.76. The van der Waals surface area contributed by atoms with Gasteiger partial charge in [0.25, 0.3) is 0 Å². The number of carboxylic acid groups (broad SMARTS) is 1. The number of rotatable bonds is 4. The quantitative estimate of drug-likeness (QED) is 0.902. The van der Waals surface area contributed by atoms with Crippen molar-refractivity contribution in [2.75, 3.05) is 26.7 Å². The number of likely N-dealkylation sites (N-methyl/N-ethyl adjacent to an activating group) is 1. The lowest BCUT2D eigenvalue weighted by molar-refractivity contribution is 0.0657. The van der Waals surface area contributed by atoms with Crippen molar-refractivity contribution < 1.29 is 14.3 Å². The second-order valence-electron chi connectivity index (χ2n) is 5.22. The molecule has 1 aliphatic heterocycles. The SMILES string of the molecule is CCC1CN(C)CCCN1Cc1ccc(C(=O)O)o1. The predicted octanol–water partition coefficient (Wildman–Crippen LogP) is 1.89. The van der Waals surface area contributed by atoms with Crippen LogP contribution in [0.1, 0.15) is 36.1 Å². The normalized spacial score (nSPS) is 22.3. The van der Waals surface area contributed by atoms with Gasteiger partial charge in [-0.05, 0) is 38.6 Å². The summed E-state index contributed by atoms with van der Waals surface area (Å²) in [6, 6.07) is 3.80. The zero-order valence-corrected chi connectivity index (χ0v) is 11.6. The first-order valence-corrected chi connectivity index (χ1v) is 6.84. The van der Waals surface area contributed by atoms with E-state index in [1.54, 1.807) is 6.07 Å². The number of hydrogen-bond donors (Lipinski definition) is 1. The number of furan rings is 1. The zero-order valence-electron chi connectivity index (χ0n) is 11.6. The third-order valence-corrected chi connectivity index (χ3v) is 3.73. The number of nitrogens with zero attached hydrogens (tertiary/aromatic N) is 2. The number of carbonyl (C=O) groups is 1. The third kappa shape index (κ3) is 3.58. The maximum Gasteiger partial charge on any atom is 0.371 e. The van der Waals surface area contributed by atoms with Crippen molar-refractivity contribution in [1.82, 2.24) is 9.80 Å². The third-order valence-electron chi connectivity index (χ3n) is 3.73. The number of aromatic carboxylic acids is 1. The van der Waals surface area contributed by atoms with Gasteiger partial charge in [0.05, 0.1) is 6.54 Å². The summed E-state index contributed by atoms with van der Waals surface area (Å²) in [7, 11) is 2.15. The van der Waals surface area contributed by atoms with Crippen molar-refractivity contribution >= 4 is 5.97 Å². The molecule has 1 atom stereocenters. The van der Waals surface area contributed by atoms with Gasteiger partial charge in [-0.2, -0.15) is 0 Å². The Morgan fingerprint density at radius 2 is 2.26 bits per heavy atom. The van der Waals surface area contributed by atoms with E-state index in [0.29, 0.717) is 12.6 Å². The average molecular weight is 266 g/mol. The molecular formula is C14H22N2O3. The summed E-state index contributed by atoms with van der Waals surface area (Å²) < 4.78 is 5.35. The summed E-state index contributed by atoms with van der Waals surface area (Å²) in [5.41, 5.74) is 0. The first-order chi connectivity index (χ1) is 9.10. The van der Waals surface area contributed by atoms with Crippen molar-refractivity contribution in [2.45, 2.75) is 32.4 Å². The largest absolute Gasteiger partial charge is 0.475 e. The molecule has 0 bridgehead atoms. The molecule has 1 aromatic rings. The van der Waals surface area contributed by atoms with Crippen molar-refractivity contribution in [3.8, 4) is 0 Å². The molecular weight excluding hydrogens is 244 g/mol. The van der Waals surface area contributed by atoms with Gasteiger partial charge in [-0.15, -0.1) is 0 Å². The van der Waals surface area contributed by atoms with Gasteiger partial charge >= 0.3 is 5.97 Å². The molecule has 1 aliphatic rings. The van der Waals surface area contributed by atoms with Crippen LogP contribution in [0.25, 0.3) is 0 Å². The summed E-state index contributed by atoms with van der Waals surface area (Å²) in [5, 5.41) is 8.87. The molecule has 1 aromatic heterocycles. The summed E-state index contributed by atoms with van der Waals surface area (Å²) in [5.74, 6) is -0.246. The van der Waals surface area contributed by atoms with Crippen LogP contribution in [0.3, 0.4) is 0 Å². The molecule has 5 nitrogen and oxygen atoms in total. The van der Waals surface area contributed by atoms with Crippen LogP contribution in [0.2, 0.25) is 0 Å². The lowest BCUT2D eigenvalue weighted by Gasteiger charge is -2.29. The molecule has 1 unspecified atom stereocenters. The van der Waals surface area contributed by atoms with Crippen molar-refractivity contribution in [2.24, 2.45) is 0 Å². The number of hydrogen-bond acceptors (Lipinski definition) is 4. The molecule has 1 saturated heterocycles. The van der Waals surface area contributed by atoms with E-state index < -0.39 is 5.97 Å². The standard InChI is InChI=1S/C14H22N2O3/c1-3-11-9-15(2)7-4-8-16(11)10-12-5-6-13(19-12)14(17)18/h5-6,11H,3-4,7-10H2,1-2H3,(H,17,18). The highest BCUT2D eigenvalue weighted by atomic mass is 16.4. The van der Waals surface area contributed by atoms with Crippen molar-refractivity contribution in [3.63, 3.8) is 0 Å². The molecule has 0 amide bonds. The van der Waals surface area contributed by atoms with E-state index in [4.69, 9.17) is 9.52 Å². The zero-order chi connectivity index (χ0) is 13.8. The summed E-state index contributed by atoms with van der Waals surface area (Å²) in [6.45, 7) is 6.10. The van der Waals surface area contributed by atoms with E-state index in [-0.39, 0.29) is 5.76 Å². The molecule has 0 aromatic carbocycles. The Labute approximate surface area is 113 Å². The van der Waals surface area contributed by atoms with Gasteiger partial charge in [0, 0.05) is 19.1 Å². The molecule has 106 valence electrons. The first-order valence-electron chi connectivity index (χ1n) is 6.84. The highest BCUT2D eigenvalue weighted by Gasteiger charge is 2.23. The van der Waals surface area contributed by atoms with Crippen LogP contribution < -0.4 is 0 Å². The fourth-order valence-corrected chi connectivity index (χ4v) is 2.67. The van der Waals surface area contributed by atoms with Crippen LogP contribution in [0.15, 0.2) is 16.5 Å². The van der Waals surface area contributed by atoms with E-state index in [0.717, 1.165) is 38.2 Å². The maximum atomic E-state index is 10.8. The molecule has 0 spiro atoms. The Kier molecular flexibility index (Phi) is 4.61. The summed E-state index contributed by atoms with van der Waals surface area (Å²) >= 11 is 0. The Morgan fingerprint density at radius 1 is 1.47 bits per heavy atom. The van der Waals surface area contributed by atoms with Crippen molar-refractivity contribution in [3.05, 3.63) is 23.7 Å².